The summed E-state index contributed by atoms with van der Waals surface area (Å²) in [4.78, 5) is 12.6. The van der Waals surface area contributed by atoms with E-state index in [9.17, 15) is 17.6 Å². The maximum Gasteiger partial charge on any atom is 0.335 e. The van der Waals surface area contributed by atoms with Crippen LogP contribution in [0.1, 0.15) is 63.4 Å². The van der Waals surface area contributed by atoms with E-state index in [1.807, 2.05) is 13.8 Å². The van der Waals surface area contributed by atoms with E-state index in [2.05, 4.69) is 15.5 Å². The van der Waals surface area contributed by atoms with Gasteiger partial charge in [-0.15, -0.1) is 5.10 Å². The number of carbonyl (C=O) groups is 1. The Kier molecular flexibility index (Phi) is 6.66. The highest BCUT2D eigenvalue weighted by molar-refractivity contribution is 7.90. The average molecular weight is 424 g/mol. The Balaban J connectivity index is 1.74. The lowest BCUT2D eigenvalue weighted by atomic mass is 9.88. The van der Waals surface area contributed by atoms with Crippen LogP contribution in [-0.2, 0) is 20.4 Å². The summed E-state index contributed by atoms with van der Waals surface area (Å²) in [5.74, 6) is -0.903. The lowest BCUT2D eigenvalue weighted by Crippen LogP contribution is -2.37. The zero-order valence-corrected chi connectivity index (χ0v) is 17.4. The van der Waals surface area contributed by atoms with Crippen LogP contribution in [0.3, 0.4) is 0 Å². The molecule has 3 rings (SSSR count). The molecular weight excluding hydrogens is 397 g/mol. The number of sulfone groups is 1. The molecule has 1 saturated carbocycles. The van der Waals surface area contributed by atoms with Crippen molar-refractivity contribution in [2.24, 2.45) is 11.8 Å². The Labute approximate surface area is 170 Å². The van der Waals surface area contributed by atoms with Crippen molar-refractivity contribution in [1.82, 2.24) is 15.5 Å². The van der Waals surface area contributed by atoms with Crippen LogP contribution in [0.15, 0.2) is 33.9 Å². The molecule has 158 valence electrons. The van der Waals surface area contributed by atoms with Crippen molar-refractivity contribution >= 4 is 15.7 Å². The summed E-state index contributed by atoms with van der Waals surface area (Å²) in [6.45, 7) is 3.78. The van der Waals surface area contributed by atoms with Gasteiger partial charge in [0, 0.05) is 5.92 Å². The molecule has 1 N–H and O–H groups in total. The molecule has 1 aromatic carbocycles. The fourth-order valence-electron chi connectivity index (χ4n) is 3.48. The summed E-state index contributed by atoms with van der Waals surface area (Å²) in [5.41, 5.74) is 0.414. The lowest BCUT2D eigenvalue weighted by molar-refractivity contribution is -0.127. The number of nitrogens with one attached hydrogen (secondary N) is 1. The fraction of sp³-hybridized carbons (Fsp3) is 0.550. The number of amides is 1. The smallest absolute Gasteiger partial charge is 0.335 e. The minimum absolute atomic E-state index is 0.0328. The molecule has 1 amide bonds. The SMILES string of the molecule is CC(C)[C@H](NC(=O)C1CCCCC1)c1nnc(S(=O)(=O)Cc2ccc(F)cc2)o1. The fourth-order valence-corrected chi connectivity index (χ4v) is 4.62. The van der Waals surface area contributed by atoms with Crippen LogP contribution >= 0.6 is 0 Å². The van der Waals surface area contributed by atoms with Gasteiger partial charge in [-0.1, -0.05) is 50.3 Å². The van der Waals surface area contributed by atoms with Gasteiger partial charge in [0.15, 0.2) is 0 Å². The first-order valence-electron chi connectivity index (χ1n) is 9.87. The molecular formula is C20H26FN3O4S. The Hall–Kier alpha value is -2.29. The van der Waals surface area contributed by atoms with Gasteiger partial charge in [-0.3, -0.25) is 4.79 Å². The van der Waals surface area contributed by atoms with E-state index in [1.54, 1.807) is 0 Å². The molecule has 2 aromatic rings. The van der Waals surface area contributed by atoms with Gasteiger partial charge in [-0.05, 0) is 36.5 Å². The predicted octanol–water partition coefficient (Wildman–Crippen LogP) is 3.58. The summed E-state index contributed by atoms with van der Waals surface area (Å²) in [7, 11) is -3.89. The van der Waals surface area contributed by atoms with Gasteiger partial charge in [-0.25, -0.2) is 12.8 Å². The lowest BCUT2D eigenvalue weighted by Gasteiger charge is -2.25. The maximum absolute atomic E-state index is 13.0. The summed E-state index contributed by atoms with van der Waals surface area (Å²) >= 11 is 0. The molecule has 1 aromatic heterocycles. The molecule has 1 atom stereocenters. The van der Waals surface area contributed by atoms with E-state index in [4.69, 9.17) is 4.42 Å². The molecule has 1 aliphatic carbocycles. The molecule has 0 radical (unpaired) electrons. The molecule has 1 aliphatic rings. The molecule has 9 heteroatoms. The molecule has 0 spiro atoms. The number of hydrogen-bond acceptors (Lipinski definition) is 6. The highest BCUT2D eigenvalue weighted by atomic mass is 32.2. The van der Waals surface area contributed by atoms with Crippen LogP contribution in [0.25, 0.3) is 0 Å². The zero-order valence-electron chi connectivity index (χ0n) is 16.6. The van der Waals surface area contributed by atoms with Crippen molar-refractivity contribution in [2.75, 3.05) is 0 Å². The molecule has 0 unspecified atom stereocenters. The number of aromatic nitrogens is 2. The van der Waals surface area contributed by atoms with Crippen LogP contribution in [0, 0.1) is 17.7 Å². The quantitative estimate of drug-likeness (QED) is 0.730. The third kappa shape index (κ3) is 5.41. The van der Waals surface area contributed by atoms with Gasteiger partial charge < -0.3 is 9.73 Å². The van der Waals surface area contributed by atoms with Gasteiger partial charge in [0.1, 0.15) is 11.9 Å². The number of carbonyl (C=O) groups excluding carboxylic acids is 1. The molecule has 29 heavy (non-hydrogen) atoms. The van der Waals surface area contributed by atoms with Gasteiger partial charge in [0.25, 0.3) is 0 Å². The first-order chi connectivity index (χ1) is 13.8. The van der Waals surface area contributed by atoms with Gasteiger partial charge in [0.05, 0.1) is 5.75 Å². The Morgan fingerprint density at radius 2 is 1.83 bits per heavy atom. The summed E-state index contributed by atoms with van der Waals surface area (Å²) in [5, 5.41) is 10.0. The summed E-state index contributed by atoms with van der Waals surface area (Å²) in [6, 6.07) is 4.61. The Bertz CT molecular complexity index is 935. The van der Waals surface area contributed by atoms with Gasteiger partial charge in [-0.2, -0.15) is 0 Å². The van der Waals surface area contributed by atoms with E-state index in [1.165, 1.54) is 24.3 Å². The second kappa shape index (κ2) is 9.02. The highest BCUT2D eigenvalue weighted by Crippen LogP contribution is 2.27. The van der Waals surface area contributed by atoms with Crippen molar-refractivity contribution < 1.29 is 22.0 Å². The first-order valence-corrected chi connectivity index (χ1v) is 11.5. The molecule has 1 fully saturated rings. The molecule has 7 nitrogen and oxygen atoms in total. The molecule has 0 aliphatic heterocycles. The van der Waals surface area contributed by atoms with Crippen molar-refractivity contribution in [2.45, 2.75) is 63.0 Å². The van der Waals surface area contributed by atoms with Crippen molar-refractivity contribution in [3.05, 3.63) is 41.5 Å². The monoisotopic (exact) mass is 423 g/mol. The van der Waals surface area contributed by atoms with E-state index < -0.39 is 26.9 Å². The molecule has 0 saturated heterocycles. The predicted molar refractivity (Wildman–Crippen MR) is 104 cm³/mol. The number of rotatable bonds is 7. The van der Waals surface area contributed by atoms with Crippen molar-refractivity contribution in [1.29, 1.82) is 0 Å². The minimum atomic E-state index is -3.89. The Morgan fingerprint density at radius 3 is 2.45 bits per heavy atom. The second-order valence-electron chi connectivity index (χ2n) is 7.86. The van der Waals surface area contributed by atoms with Crippen molar-refractivity contribution in [3.63, 3.8) is 0 Å². The summed E-state index contributed by atoms with van der Waals surface area (Å²) in [6.07, 6.45) is 4.94. The topological polar surface area (TPSA) is 102 Å². The zero-order chi connectivity index (χ0) is 21.0. The third-order valence-electron chi connectivity index (χ3n) is 5.16. The second-order valence-corrected chi connectivity index (χ2v) is 9.72. The van der Waals surface area contributed by atoms with Gasteiger partial charge in [0.2, 0.25) is 21.6 Å². The van der Waals surface area contributed by atoms with Crippen LogP contribution < -0.4 is 5.32 Å². The number of nitrogens with zero attached hydrogens (tertiary/aromatic N) is 2. The van der Waals surface area contributed by atoms with Crippen molar-refractivity contribution in [3.8, 4) is 0 Å². The third-order valence-corrected chi connectivity index (χ3v) is 6.57. The Morgan fingerprint density at radius 1 is 1.17 bits per heavy atom. The normalized spacial score (nSPS) is 16.7. The van der Waals surface area contributed by atoms with E-state index in [0.717, 1.165) is 32.1 Å². The highest BCUT2D eigenvalue weighted by Gasteiger charge is 2.31. The molecule has 1 heterocycles. The number of hydrogen-bond donors (Lipinski definition) is 1. The maximum atomic E-state index is 13.0. The van der Waals surface area contributed by atoms with E-state index in [-0.39, 0.29) is 29.4 Å². The van der Waals surface area contributed by atoms with Crippen LogP contribution in [-0.4, -0.2) is 24.5 Å². The largest absolute Gasteiger partial charge is 0.410 e. The molecule has 0 bridgehead atoms. The minimum Gasteiger partial charge on any atom is -0.410 e. The number of benzene rings is 1. The van der Waals surface area contributed by atoms with Crippen LogP contribution in [0.5, 0.6) is 0 Å². The van der Waals surface area contributed by atoms with Crippen LogP contribution in [0.4, 0.5) is 4.39 Å². The van der Waals surface area contributed by atoms with E-state index >= 15 is 0 Å². The van der Waals surface area contributed by atoms with Crippen LogP contribution in [0.2, 0.25) is 0 Å². The average Bonchev–Trinajstić information content (AvgIpc) is 3.19. The van der Waals surface area contributed by atoms with E-state index in [0.29, 0.717) is 5.56 Å². The first kappa shape index (κ1) is 21.4. The van der Waals surface area contributed by atoms with Gasteiger partial charge >= 0.3 is 5.22 Å². The number of halogens is 1. The standard InChI is InChI=1S/C20H26FN3O4S/c1-13(2)17(22-18(25)15-6-4-3-5-7-15)19-23-24-20(28-19)29(26,27)12-14-8-10-16(21)11-9-14/h8-11,13,15,17H,3-7,12H2,1-2H3,(H,22,25)/t17-/m0/s1. The summed E-state index contributed by atoms with van der Waals surface area (Å²) < 4.78 is 43.7.